The van der Waals surface area contributed by atoms with Crippen LogP contribution in [0.2, 0.25) is 5.02 Å². The molecule has 32 heavy (non-hydrogen) atoms. The lowest BCUT2D eigenvalue weighted by Gasteiger charge is -2.29. The first-order chi connectivity index (χ1) is 15.5. The summed E-state index contributed by atoms with van der Waals surface area (Å²) in [4.78, 5) is 23.5. The van der Waals surface area contributed by atoms with Crippen molar-refractivity contribution >= 4 is 56.0 Å². The summed E-state index contributed by atoms with van der Waals surface area (Å²) in [6.45, 7) is 8.82. The Bertz CT molecular complexity index is 1030. The van der Waals surface area contributed by atoms with Gasteiger partial charge in [-0.1, -0.05) is 46.7 Å². The molecule has 0 spiro atoms. The largest absolute Gasteiger partial charge is 0.379 e. The third-order valence-corrected chi connectivity index (χ3v) is 8.12. The molecule has 4 rings (SSSR count). The monoisotopic (exact) mass is 489 g/mol. The molecule has 1 aliphatic rings. The number of carbonyl (C=O) groups excluding carboxylic acids is 1. The predicted octanol–water partition coefficient (Wildman–Crippen LogP) is 5.41. The molecule has 1 saturated heterocycles. The van der Waals surface area contributed by atoms with Gasteiger partial charge in [0, 0.05) is 43.2 Å². The number of halogens is 1. The Hall–Kier alpha value is -1.64. The number of ether oxygens (including phenoxy) is 1. The second-order valence-electron chi connectivity index (χ2n) is 7.95. The van der Waals surface area contributed by atoms with Crippen LogP contribution in [0.5, 0.6) is 0 Å². The number of aromatic nitrogens is 1. The summed E-state index contributed by atoms with van der Waals surface area (Å²) in [5.41, 5.74) is 3.20. The highest BCUT2D eigenvalue weighted by atomic mass is 35.5. The molecule has 1 amide bonds. The van der Waals surface area contributed by atoms with Crippen LogP contribution in [0.4, 0.5) is 5.13 Å². The lowest BCUT2D eigenvalue weighted by atomic mass is 10.2. The van der Waals surface area contributed by atoms with Crippen molar-refractivity contribution in [2.75, 3.05) is 50.0 Å². The van der Waals surface area contributed by atoms with E-state index in [0.29, 0.717) is 18.0 Å². The van der Waals surface area contributed by atoms with Crippen LogP contribution >= 0.6 is 34.7 Å². The minimum absolute atomic E-state index is 0.103. The molecule has 2 aromatic carbocycles. The number of thioether (sulfide) groups is 1. The van der Waals surface area contributed by atoms with Crippen LogP contribution in [0, 0.1) is 13.8 Å². The third kappa shape index (κ3) is 5.83. The quantitative estimate of drug-likeness (QED) is 0.396. The van der Waals surface area contributed by atoms with Crippen molar-refractivity contribution in [1.82, 2.24) is 9.88 Å². The minimum Gasteiger partial charge on any atom is -0.379 e. The fourth-order valence-electron chi connectivity index (χ4n) is 3.63. The zero-order chi connectivity index (χ0) is 22.5. The van der Waals surface area contributed by atoms with E-state index in [1.54, 1.807) is 11.8 Å². The van der Waals surface area contributed by atoms with E-state index < -0.39 is 0 Å². The van der Waals surface area contributed by atoms with Gasteiger partial charge in [-0.2, -0.15) is 0 Å². The van der Waals surface area contributed by atoms with Gasteiger partial charge in [0.2, 0.25) is 5.91 Å². The molecule has 2 heterocycles. The van der Waals surface area contributed by atoms with Crippen LogP contribution in [0.1, 0.15) is 17.5 Å². The maximum Gasteiger partial charge on any atom is 0.229 e. The van der Waals surface area contributed by atoms with E-state index in [9.17, 15) is 4.79 Å². The Balaban J connectivity index is 1.48. The number of carbonyl (C=O) groups is 1. The molecule has 170 valence electrons. The number of thiazole rings is 1. The molecular weight excluding hydrogens is 462 g/mol. The summed E-state index contributed by atoms with van der Waals surface area (Å²) in [7, 11) is 0. The number of hydrogen-bond donors (Lipinski definition) is 0. The average molecular weight is 490 g/mol. The molecule has 0 unspecified atom stereocenters. The molecule has 1 aromatic heterocycles. The van der Waals surface area contributed by atoms with Gasteiger partial charge in [0.25, 0.3) is 0 Å². The van der Waals surface area contributed by atoms with Crippen LogP contribution < -0.4 is 4.90 Å². The van der Waals surface area contributed by atoms with Gasteiger partial charge in [0.05, 0.1) is 28.5 Å². The van der Waals surface area contributed by atoms with Gasteiger partial charge < -0.3 is 4.74 Å². The van der Waals surface area contributed by atoms with Crippen LogP contribution in [-0.2, 0) is 9.53 Å². The predicted molar refractivity (Wildman–Crippen MR) is 135 cm³/mol. The Morgan fingerprint density at radius 2 is 1.94 bits per heavy atom. The van der Waals surface area contributed by atoms with E-state index in [4.69, 9.17) is 21.3 Å². The number of benzene rings is 2. The summed E-state index contributed by atoms with van der Waals surface area (Å²) in [6.07, 6.45) is 0.463. The standard InChI is InChI=1S/C24H28ClN3O2S2/c1-17-3-6-19(7-4-17)31-16-9-21(29)28(11-10-27-12-14-30-15-13-27)24-26-22-18(2)5-8-20(25)23(22)32-24/h3-8H,9-16H2,1-2H3. The average Bonchev–Trinajstić information content (AvgIpc) is 3.25. The van der Waals surface area contributed by atoms with E-state index in [1.165, 1.54) is 21.8 Å². The van der Waals surface area contributed by atoms with Crippen molar-refractivity contribution in [3.05, 3.63) is 52.5 Å². The van der Waals surface area contributed by atoms with Gasteiger partial charge in [-0.3, -0.25) is 14.6 Å². The fraction of sp³-hybridized carbons (Fsp3) is 0.417. The van der Waals surface area contributed by atoms with Gasteiger partial charge in [-0.05, 0) is 37.6 Å². The normalized spacial score (nSPS) is 14.7. The van der Waals surface area contributed by atoms with Crippen molar-refractivity contribution in [3.63, 3.8) is 0 Å². The zero-order valence-electron chi connectivity index (χ0n) is 18.5. The fourth-order valence-corrected chi connectivity index (χ4v) is 5.83. The van der Waals surface area contributed by atoms with Crippen molar-refractivity contribution in [2.45, 2.75) is 25.2 Å². The number of rotatable bonds is 8. The maximum absolute atomic E-state index is 13.3. The van der Waals surface area contributed by atoms with Crippen molar-refractivity contribution in [3.8, 4) is 0 Å². The molecule has 1 aliphatic heterocycles. The molecule has 0 bridgehead atoms. The van der Waals surface area contributed by atoms with Crippen LogP contribution in [-0.4, -0.2) is 60.9 Å². The lowest BCUT2D eigenvalue weighted by Crippen LogP contribution is -2.43. The summed E-state index contributed by atoms with van der Waals surface area (Å²) in [5, 5.41) is 1.42. The topological polar surface area (TPSA) is 45.7 Å². The molecule has 1 fully saturated rings. The molecule has 0 aliphatic carbocycles. The molecule has 8 heteroatoms. The highest BCUT2D eigenvalue weighted by Gasteiger charge is 2.22. The second-order valence-corrected chi connectivity index (χ2v) is 10.5. The number of hydrogen-bond acceptors (Lipinski definition) is 6. The lowest BCUT2D eigenvalue weighted by molar-refractivity contribution is -0.118. The van der Waals surface area contributed by atoms with Gasteiger partial charge in [0.1, 0.15) is 0 Å². The number of nitrogens with zero attached hydrogens (tertiary/aromatic N) is 3. The third-order valence-electron chi connectivity index (χ3n) is 5.57. The SMILES string of the molecule is Cc1ccc(SCCC(=O)N(CCN2CCOCC2)c2nc3c(C)ccc(Cl)c3s2)cc1. The zero-order valence-corrected chi connectivity index (χ0v) is 20.9. The molecule has 5 nitrogen and oxygen atoms in total. The van der Waals surface area contributed by atoms with Crippen LogP contribution in [0.15, 0.2) is 41.3 Å². The van der Waals surface area contributed by atoms with Gasteiger partial charge >= 0.3 is 0 Å². The maximum atomic E-state index is 13.3. The van der Waals surface area contributed by atoms with Crippen molar-refractivity contribution in [2.24, 2.45) is 0 Å². The summed E-state index contributed by atoms with van der Waals surface area (Å²) in [5.74, 6) is 0.839. The first kappa shape index (κ1) is 23.5. The molecule has 0 N–H and O–H groups in total. The van der Waals surface area contributed by atoms with Gasteiger partial charge in [-0.25, -0.2) is 4.98 Å². The number of fused-ring (bicyclic) bond motifs is 1. The Morgan fingerprint density at radius 3 is 2.66 bits per heavy atom. The number of aryl methyl sites for hydroxylation is 2. The number of amides is 1. The Labute approximate surface area is 202 Å². The smallest absolute Gasteiger partial charge is 0.229 e. The van der Waals surface area contributed by atoms with Crippen LogP contribution in [0.25, 0.3) is 10.2 Å². The van der Waals surface area contributed by atoms with Crippen molar-refractivity contribution < 1.29 is 9.53 Å². The summed E-state index contributed by atoms with van der Waals surface area (Å²) in [6, 6.07) is 12.3. The summed E-state index contributed by atoms with van der Waals surface area (Å²) < 4.78 is 6.40. The van der Waals surface area contributed by atoms with E-state index in [0.717, 1.165) is 59.5 Å². The highest BCUT2D eigenvalue weighted by molar-refractivity contribution is 7.99. The van der Waals surface area contributed by atoms with Crippen molar-refractivity contribution in [1.29, 1.82) is 0 Å². The highest BCUT2D eigenvalue weighted by Crippen LogP contribution is 2.36. The number of morpholine rings is 1. The van der Waals surface area contributed by atoms with E-state index in [2.05, 4.69) is 36.1 Å². The van der Waals surface area contributed by atoms with Gasteiger partial charge in [-0.15, -0.1) is 11.8 Å². The Kier molecular flexibility index (Phi) is 8.07. The van der Waals surface area contributed by atoms with Gasteiger partial charge in [0.15, 0.2) is 5.13 Å². The van der Waals surface area contributed by atoms with E-state index in [1.807, 2.05) is 24.0 Å². The van der Waals surface area contributed by atoms with E-state index >= 15 is 0 Å². The molecule has 0 radical (unpaired) electrons. The van der Waals surface area contributed by atoms with Crippen LogP contribution in [0.3, 0.4) is 0 Å². The minimum atomic E-state index is 0.103. The van der Waals surface area contributed by atoms with E-state index in [-0.39, 0.29) is 5.91 Å². The first-order valence-corrected chi connectivity index (χ1v) is 13.0. The summed E-state index contributed by atoms with van der Waals surface area (Å²) >= 11 is 9.65. The first-order valence-electron chi connectivity index (χ1n) is 10.9. The second kappa shape index (κ2) is 11.0. The molecule has 0 atom stereocenters. The Morgan fingerprint density at radius 1 is 1.19 bits per heavy atom. The number of anilines is 1. The molecule has 3 aromatic rings. The molecular formula is C24H28ClN3O2S2. The molecule has 0 saturated carbocycles.